The summed E-state index contributed by atoms with van der Waals surface area (Å²) < 4.78 is 8.68. The summed E-state index contributed by atoms with van der Waals surface area (Å²) in [7, 11) is 3.49. The molecule has 0 bridgehead atoms. The van der Waals surface area contributed by atoms with Gasteiger partial charge in [0.2, 0.25) is 0 Å². The minimum atomic E-state index is -0.365. The molecule has 3 aromatic heterocycles. The van der Waals surface area contributed by atoms with Crippen LogP contribution >= 0.6 is 0 Å². The third kappa shape index (κ3) is 7.83. The van der Waals surface area contributed by atoms with Gasteiger partial charge < -0.3 is 29.8 Å². The number of nitrogens with one attached hydrogen (secondary N) is 3. The Morgan fingerprint density at radius 2 is 1.43 bits per heavy atom. The van der Waals surface area contributed by atoms with Crippen molar-refractivity contribution in [2.24, 2.45) is 14.1 Å². The Kier molecular flexibility index (Phi) is 9.56. The molecule has 2 aromatic carbocycles. The maximum absolute atomic E-state index is 13.1. The molecule has 47 heavy (non-hydrogen) atoms. The van der Waals surface area contributed by atoms with Crippen molar-refractivity contribution in [2.75, 3.05) is 50.0 Å². The zero-order valence-corrected chi connectivity index (χ0v) is 26.4. The molecule has 1 saturated heterocycles. The van der Waals surface area contributed by atoms with Crippen molar-refractivity contribution >= 4 is 52.2 Å². The van der Waals surface area contributed by atoms with Crippen LogP contribution in [-0.2, 0) is 18.8 Å². The molecule has 240 valence electrons. The number of anilines is 2. The molecule has 4 heterocycles. The maximum atomic E-state index is 13.1. The molecular formula is C36H37N7O4. The van der Waals surface area contributed by atoms with E-state index in [1.165, 1.54) is 0 Å². The van der Waals surface area contributed by atoms with Crippen LogP contribution in [0.25, 0.3) is 23.1 Å². The first-order valence-electron chi connectivity index (χ1n) is 15.5. The lowest BCUT2D eigenvalue weighted by molar-refractivity contribution is 0.0383. The number of carbonyl (C=O) groups is 3. The average molecular weight is 632 g/mol. The van der Waals surface area contributed by atoms with Gasteiger partial charge in [-0.2, -0.15) is 0 Å². The maximum Gasteiger partial charge on any atom is 0.272 e. The predicted octanol–water partition coefficient (Wildman–Crippen LogP) is 4.65. The summed E-state index contributed by atoms with van der Waals surface area (Å²) in [6.45, 7) is 4.42. The molecule has 1 fully saturated rings. The Morgan fingerprint density at radius 1 is 0.787 bits per heavy atom. The smallest absolute Gasteiger partial charge is 0.272 e. The Balaban J connectivity index is 1.02. The van der Waals surface area contributed by atoms with Gasteiger partial charge in [0.15, 0.2) is 0 Å². The molecule has 0 aliphatic carbocycles. The molecule has 3 amide bonds. The van der Waals surface area contributed by atoms with Crippen molar-refractivity contribution in [3.05, 3.63) is 113 Å². The normalized spacial score (nSPS) is 13.6. The number of aryl methyl sites for hydroxylation is 2. The van der Waals surface area contributed by atoms with Crippen LogP contribution < -0.4 is 16.0 Å². The number of fused-ring (bicyclic) bond motifs is 1. The predicted molar refractivity (Wildman–Crippen MR) is 183 cm³/mol. The molecule has 11 heteroatoms. The first-order chi connectivity index (χ1) is 22.8. The first-order valence-corrected chi connectivity index (χ1v) is 15.5. The van der Waals surface area contributed by atoms with Crippen LogP contribution in [-0.4, -0.2) is 76.1 Å². The summed E-state index contributed by atoms with van der Waals surface area (Å²) in [4.78, 5) is 45.6. The minimum Gasteiger partial charge on any atom is -0.379 e. The monoisotopic (exact) mass is 631 g/mol. The topological polar surface area (TPSA) is 123 Å². The molecule has 0 unspecified atom stereocenters. The summed E-state index contributed by atoms with van der Waals surface area (Å²) in [5.41, 5.74) is 5.15. The van der Waals surface area contributed by atoms with Crippen LogP contribution in [0.3, 0.4) is 0 Å². The molecule has 0 saturated carbocycles. The molecule has 6 rings (SSSR count). The van der Waals surface area contributed by atoms with E-state index >= 15 is 0 Å². The number of rotatable bonds is 10. The molecule has 0 atom stereocenters. The van der Waals surface area contributed by atoms with Gasteiger partial charge >= 0.3 is 0 Å². The van der Waals surface area contributed by atoms with Crippen LogP contribution in [0, 0.1) is 0 Å². The van der Waals surface area contributed by atoms with Crippen molar-refractivity contribution in [3.63, 3.8) is 0 Å². The van der Waals surface area contributed by atoms with Gasteiger partial charge in [0.25, 0.3) is 17.7 Å². The van der Waals surface area contributed by atoms with Gasteiger partial charge in [0.1, 0.15) is 11.4 Å². The van der Waals surface area contributed by atoms with E-state index in [0.717, 1.165) is 41.7 Å². The third-order valence-corrected chi connectivity index (χ3v) is 8.06. The van der Waals surface area contributed by atoms with Crippen molar-refractivity contribution in [1.29, 1.82) is 0 Å². The summed E-state index contributed by atoms with van der Waals surface area (Å²) in [6.07, 6.45) is 9.17. The highest BCUT2D eigenvalue weighted by atomic mass is 16.5. The zero-order valence-electron chi connectivity index (χ0n) is 26.4. The molecule has 1 aliphatic heterocycles. The van der Waals surface area contributed by atoms with Gasteiger partial charge in [-0.15, -0.1) is 0 Å². The highest BCUT2D eigenvalue weighted by Crippen LogP contribution is 2.19. The molecule has 1 aliphatic rings. The number of benzene rings is 2. The molecule has 11 nitrogen and oxygen atoms in total. The van der Waals surface area contributed by atoms with E-state index in [9.17, 15) is 14.4 Å². The Labute approximate surface area is 272 Å². The van der Waals surface area contributed by atoms with Crippen LogP contribution in [0.5, 0.6) is 0 Å². The number of hydrogen-bond acceptors (Lipinski definition) is 6. The van der Waals surface area contributed by atoms with Crippen molar-refractivity contribution in [3.8, 4) is 0 Å². The van der Waals surface area contributed by atoms with Gasteiger partial charge in [-0.05, 0) is 47.5 Å². The van der Waals surface area contributed by atoms with Crippen molar-refractivity contribution in [1.82, 2.24) is 24.3 Å². The second-order valence-electron chi connectivity index (χ2n) is 11.5. The molecule has 0 radical (unpaired) electrons. The van der Waals surface area contributed by atoms with E-state index in [2.05, 4.69) is 31.9 Å². The molecule has 0 spiro atoms. The lowest BCUT2D eigenvalue weighted by Crippen LogP contribution is -2.41. The largest absolute Gasteiger partial charge is 0.379 e. The van der Waals surface area contributed by atoms with E-state index < -0.39 is 0 Å². The number of ether oxygens (including phenoxy) is 1. The van der Waals surface area contributed by atoms with E-state index in [0.29, 0.717) is 48.1 Å². The summed E-state index contributed by atoms with van der Waals surface area (Å²) >= 11 is 0. The number of morpholine rings is 1. The number of pyridine rings is 1. The summed E-state index contributed by atoms with van der Waals surface area (Å²) in [5.74, 6) is -0.865. The van der Waals surface area contributed by atoms with Crippen LogP contribution in [0.1, 0.15) is 42.5 Å². The summed E-state index contributed by atoms with van der Waals surface area (Å²) in [5, 5.41) is 9.75. The minimum absolute atomic E-state index is 0.212. The van der Waals surface area contributed by atoms with E-state index in [1.807, 2.05) is 54.7 Å². The highest BCUT2D eigenvalue weighted by Gasteiger charge is 2.18. The second-order valence-corrected chi connectivity index (χ2v) is 11.5. The Hall–Kier alpha value is -5.52. The number of nitrogens with zero attached hydrogens (tertiary/aromatic N) is 4. The Morgan fingerprint density at radius 3 is 2.15 bits per heavy atom. The third-order valence-electron chi connectivity index (χ3n) is 8.06. The van der Waals surface area contributed by atoms with Crippen LogP contribution in [0.4, 0.5) is 11.4 Å². The zero-order chi connectivity index (χ0) is 32.8. The van der Waals surface area contributed by atoms with Crippen molar-refractivity contribution < 1.29 is 19.1 Å². The molecule has 5 aromatic rings. The fourth-order valence-electron chi connectivity index (χ4n) is 5.48. The summed E-state index contributed by atoms with van der Waals surface area (Å²) in [6, 6.07) is 20.6. The van der Waals surface area contributed by atoms with Crippen molar-refractivity contribution in [2.45, 2.75) is 0 Å². The number of amides is 3. The van der Waals surface area contributed by atoms with E-state index in [4.69, 9.17) is 4.74 Å². The van der Waals surface area contributed by atoms with Crippen LogP contribution in [0.15, 0.2) is 85.3 Å². The lowest BCUT2D eigenvalue weighted by atomic mass is 10.1. The fraction of sp³-hybridized carbons (Fsp3) is 0.222. The second kappa shape index (κ2) is 14.3. The standard InChI is InChI=1S/C36H37N7O4/c1-41-24-30(20-32(41)35(45)37-13-14-43-15-17-47-18-16-43)40-36(46)33-21-29(23-42(33)2)39-34(44)27-11-9-25(10-12-27)7-8-26-19-28-5-3-4-6-31(28)38-22-26/h3-12,19-24H,13-18H2,1-2H3,(H,37,45)(H,39,44)(H,40,46). The van der Waals surface area contributed by atoms with Gasteiger partial charge in [-0.3, -0.25) is 24.3 Å². The van der Waals surface area contributed by atoms with Crippen LogP contribution in [0.2, 0.25) is 0 Å². The van der Waals surface area contributed by atoms with Gasteiger partial charge in [-0.1, -0.05) is 42.5 Å². The Bertz CT molecular complexity index is 1930. The quantitative estimate of drug-likeness (QED) is 0.206. The number of hydrogen-bond donors (Lipinski definition) is 3. The SMILES string of the molecule is Cn1cc(NC(=O)c2cc(NC(=O)c3ccc(C=Cc4cnc5ccccc5c4)cc3)cn2C)cc1C(=O)NCCN1CCOCC1. The van der Waals surface area contributed by atoms with Gasteiger partial charge in [0, 0.05) is 69.8 Å². The van der Waals surface area contributed by atoms with Gasteiger partial charge in [-0.25, -0.2) is 0 Å². The lowest BCUT2D eigenvalue weighted by Gasteiger charge is -2.26. The number of carbonyl (C=O) groups excluding carboxylic acids is 3. The average Bonchev–Trinajstić information content (AvgIpc) is 3.64. The highest BCUT2D eigenvalue weighted by molar-refractivity contribution is 6.07. The fourth-order valence-corrected chi connectivity index (χ4v) is 5.48. The van der Waals surface area contributed by atoms with E-state index in [-0.39, 0.29) is 17.7 Å². The number of para-hydroxylation sites is 1. The molecule has 3 N–H and O–H groups in total. The molecular weight excluding hydrogens is 594 g/mol. The van der Waals surface area contributed by atoms with Gasteiger partial charge in [0.05, 0.1) is 30.1 Å². The first kappa shape index (κ1) is 31.5. The van der Waals surface area contributed by atoms with E-state index in [1.54, 1.807) is 59.9 Å². The number of aromatic nitrogens is 3.